The molecular formula is C16H16FN5. The van der Waals surface area contributed by atoms with Crippen molar-refractivity contribution < 1.29 is 4.39 Å². The van der Waals surface area contributed by atoms with E-state index in [1.807, 2.05) is 6.07 Å². The molecular weight excluding hydrogens is 281 g/mol. The van der Waals surface area contributed by atoms with Crippen molar-refractivity contribution in [1.29, 1.82) is 5.26 Å². The van der Waals surface area contributed by atoms with E-state index in [0.717, 1.165) is 31.6 Å². The lowest BCUT2D eigenvalue weighted by Crippen LogP contribution is -2.42. The number of nitrogens with zero attached hydrogens (tertiary/aromatic N) is 4. The van der Waals surface area contributed by atoms with Crippen LogP contribution < -0.4 is 10.2 Å². The van der Waals surface area contributed by atoms with Gasteiger partial charge >= 0.3 is 0 Å². The van der Waals surface area contributed by atoms with Crippen LogP contribution in [-0.2, 0) is 0 Å². The van der Waals surface area contributed by atoms with Gasteiger partial charge in [0.25, 0.3) is 0 Å². The van der Waals surface area contributed by atoms with Gasteiger partial charge in [-0.2, -0.15) is 5.26 Å². The van der Waals surface area contributed by atoms with Gasteiger partial charge in [-0.25, -0.2) is 14.4 Å². The van der Waals surface area contributed by atoms with E-state index in [4.69, 9.17) is 5.26 Å². The highest BCUT2D eigenvalue weighted by atomic mass is 19.1. The van der Waals surface area contributed by atoms with Crippen LogP contribution in [0.2, 0.25) is 0 Å². The van der Waals surface area contributed by atoms with Gasteiger partial charge in [-0.15, -0.1) is 0 Å². The van der Waals surface area contributed by atoms with Crippen LogP contribution >= 0.6 is 0 Å². The highest BCUT2D eigenvalue weighted by molar-refractivity contribution is 5.52. The van der Waals surface area contributed by atoms with E-state index >= 15 is 0 Å². The van der Waals surface area contributed by atoms with Crippen LogP contribution in [-0.4, -0.2) is 29.1 Å². The summed E-state index contributed by atoms with van der Waals surface area (Å²) in [5.74, 6) is 0.224. The molecule has 0 saturated carbocycles. The van der Waals surface area contributed by atoms with E-state index in [0.29, 0.717) is 11.5 Å². The summed E-state index contributed by atoms with van der Waals surface area (Å²) in [6.45, 7) is 1.58. The molecule has 3 rings (SSSR count). The lowest BCUT2D eigenvalue weighted by atomic mass is 10.0. The standard InChI is InChI=1S/C16H16FN5/c17-13-7-12(10-18)8-15(9-13)22-6-1-3-14(11-22)21-16-19-4-2-5-20-16/h2,4-5,7-9,14H,1,3,6,11H2,(H,19,20,21). The fraction of sp³-hybridized carbons (Fsp3) is 0.312. The van der Waals surface area contributed by atoms with Gasteiger partial charge in [0, 0.05) is 37.2 Å². The van der Waals surface area contributed by atoms with E-state index in [1.54, 1.807) is 24.5 Å². The van der Waals surface area contributed by atoms with Crippen molar-refractivity contribution in [2.24, 2.45) is 0 Å². The maximum Gasteiger partial charge on any atom is 0.222 e. The fourth-order valence-corrected chi connectivity index (χ4v) is 2.71. The quantitative estimate of drug-likeness (QED) is 0.943. The molecule has 0 aliphatic carbocycles. The SMILES string of the molecule is N#Cc1cc(F)cc(N2CCCC(Nc3ncccn3)C2)c1. The van der Waals surface area contributed by atoms with Crippen LogP contribution in [0.15, 0.2) is 36.7 Å². The number of rotatable bonds is 3. The smallest absolute Gasteiger partial charge is 0.222 e. The zero-order valence-corrected chi connectivity index (χ0v) is 12.0. The first kappa shape index (κ1) is 14.3. The number of aromatic nitrogens is 2. The van der Waals surface area contributed by atoms with Crippen molar-refractivity contribution in [2.75, 3.05) is 23.3 Å². The highest BCUT2D eigenvalue weighted by Crippen LogP contribution is 2.23. The maximum absolute atomic E-state index is 13.6. The zero-order chi connectivity index (χ0) is 15.4. The monoisotopic (exact) mass is 297 g/mol. The molecule has 0 radical (unpaired) electrons. The summed E-state index contributed by atoms with van der Waals surface area (Å²) in [4.78, 5) is 10.4. The van der Waals surface area contributed by atoms with Gasteiger partial charge in [0.05, 0.1) is 11.6 Å². The predicted molar refractivity (Wildman–Crippen MR) is 82.0 cm³/mol. The number of piperidine rings is 1. The molecule has 0 bridgehead atoms. The average molecular weight is 297 g/mol. The summed E-state index contributed by atoms with van der Waals surface area (Å²) in [5.41, 5.74) is 1.09. The van der Waals surface area contributed by atoms with E-state index in [1.165, 1.54) is 12.1 Å². The Kier molecular flexibility index (Phi) is 4.15. The van der Waals surface area contributed by atoms with Crippen molar-refractivity contribution in [3.63, 3.8) is 0 Å². The van der Waals surface area contributed by atoms with Crippen molar-refractivity contribution in [3.8, 4) is 6.07 Å². The van der Waals surface area contributed by atoms with Gasteiger partial charge in [0.15, 0.2) is 0 Å². The summed E-state index contributed by atoms with van der Waals surface area (Å²) < 4.78 is 13.6. The molecule has 1 fully saturated rings. The summed E-state index contributed by atoms with van der Waals surface area (Å²) in [6, 6.07) is 8.42. The van der Waals surface area contributed by atoms with Crippen molar-refractivity contribution >= 4 is 11.6 Å². The van der Waals surface area contributed by atoms with Crippen LogP contribution in [0.3, 0.4) is 0 Å². The first-order chi connectivity index (χ1) is 10.7. The molecule has 1 aliphatic heterocycles. The minimum Gasteiger partial charge on any atom is -0.369 e. The number of hydrogen-bond donors (Lipinski definition) is 1. The molecule has 22 heavy (non-hydrogen) atoms. The first-order valence-electron chi connectivity index (χ1n) is 7.24. The van der Waals surface area contributed by atoms with Gasteiger partial charge in [0.2, 0.25) is 5.95 Å². The van der Waals surface area contributed by atoms with Gasteiger partial charge in [-0.05, 0) is 37.1 Å². The third kappa shape index (κ3) is 3.31. The van der Waals surface area contributed by atoms with Crippen molar-refractivity contribution in [3.05, 3.63) is 48.0 Å². The number of anilines is 2. The van der Waals surface area contributed by atoms with E-state index in [9.17, 15) is 4.39 Å². The lowest BCUT2D eigenvalue weighted by molar-refractivity contribution is 0.526. The van der Waals surface area contributed by atoms with Crippen molar-refractivity contribution in [2.45, 2.75) is 18.9 Å². The molecule has 2 heterocycles. The second-order valence-electron chi connectivity index (χ2n) is 5.31. The van der Waals surface area contributed by atoms with Gasteiger partial charge < -0.3 is 10.2 Å². The molecule has 1 atom stereocenters. The summed E-state index contributed by atoms with van der Waals surface area (Å²) in [5, 5.41) is 12.3. The van der Waals surface area contributed by atoms with Crippen LogP contribution in [0.4, 0.5) is 16.0 Å². The number of hydrogen-bond acceptors (Lipinski definition) is 5. The van der Waals surface area contributed by atoms with Crippen LogP contribution in [0.5, 0.6) is 0 Å². The maximum atomic E-state index is 13.6. The third-order valence-electron chi connectivity index (χ3n) is 3.70. The lowest BCUT2D eigenvalue weighted by Gasteiger charge is -2.34. The third-order valence-corrected chi connectivity index (χ3v) is 3.70. The molecule has 5 nitrogen and oxygen atoms in total. The van der Waals surface area contributed by atoms with Gasteiger partial charge in [-0.3, -0.25) is 0 Å². The Bertz CT molecular complexity index is 683. The van der Waals surface area contributed by atoms with Gasteiger partial charge in [-0.1, -0.05) is 0 Å². The molecule has 1 unspecified atom stereocenters. The molecule has 1 aliphatic rings. The summed E-state index contributed by atoms with van der Waals surface area (Å²) >= 11 is 0. The number of halogens is 1. The molecule has 1 N–H and O–H groups in total. The normalized spacial score (nSPS) is 17.8. The number of nitrogens with one attached hydrogen (secondary N) is 1. The second-order valence-corrected chi connectivity index (χ2v) is 5.31. The zero-order valence-electron chi connectivity index (χ0n) is 12.0. The molecule has 2 aromatic rings. The Morgan fingerprint density at radius 2 is 2.09 bits per heavy atom. The van der Waals surface area contributed by atoms with E-state index < -0.39 is 0 Å². The molecule has 112 valence electrons. The summed E-state index contributed by atoms with van der Waals surface area (Å²) in [6.07, 6.45) is 5.39. The minimum atomic E-state index is -0.379. The largest absolute Gasteiger partial charge is 0.369 e. The Morgan fingerprint density at radius 1 is 1.27 bits per heavy atom. The molecule has 0 amide bonds. The fourth-order valence-electron chi connectivity index (χ4n) is 2.71. The van der Waals surface area contributed by atoms with Crippen LogP contribution in [0.1, 0.15) is 18.4 Å². The molecule has 1 aromatic carbocycles. The second kappa shape index (κ2) is 6.39. The molecule has 1 saturated heterocycles. The van der Waals surface area contributed by atoms with E-state index in [-0.39, 0.29) is 11.9 Å². The topological polar surface area (TPSA) is 64.8 Å². The Balaban J connectivity index is 1.73. The van der Waals surface area contributed by atoms with Crippen LogP contribution in [0, 0.1) is 17.1 Å². The number of nitriles is 1. The van der Waals surface area contributed by atoms with Crippen LogP contribution in [0.25, 0.3) is 0 Å². The Hall–Kier alpha value is -2.68. The average Bonchev–Trinajstić information content (AvgIpc) is 2.55. The van der Waals surface area contributed by atoms with Gasteiger partial charge in [0.1, 0.15) is 5.82 Å². The Labute approximate surface area is 128 Å². The highest BCUT2D eigenvalue weighted by Gasteiger charge is 2.21. The molecule has 1 aromatic heterocycles. The predicted octanol–water partition coefficient (Wildman–Crippen LogP) is 2.57. The summed E-state index contributed by atoms with van der Waals surface area (Å²) in [7, 11) is 0. The first-order valence-corrected chi connectivity index (χ1v) is 7.24. The number of benzene rings is 1. The van der Waals surface area contributed by atoms with Crippen molar-refractivity contribution in [1.82, 2.24) is 9.97 Å². The Morgan fingerprint density at radius 3 is 2.86 bits per heavy atom. The molecule has 6 heteroatoms. The van der Waals surface area contributed by atoms with E-state index in [2.05, 4.69) is 20.2 Å². The molecule has 0 spiro atoms. The minimum absolute atomic E-state index is 0.199.